The maximum absolute atomic E-state index is 13.4. The number of rotatable bonds is 6. The van der Waals surface area contributed by atoms with Crippen molar-refractivity contribution in [3.8, 4) is 12.1 Å². The van der Waals surface area contributed by atoms with Crippen LogP contribution in [0.1, 0.15) is 43.8 Å². The summed E-state index contributed by atoms with van der Waals surface area (Å²) in [6.45, 7) is 6.12. The number of anilines is 6. The van der Waals surface area contributed by atoms with Crippen LogP contribution in [0.2, 0.25) is 0 Å². The van der Waals surface area contributed by atoms with Crippen LogP contribution in [-0.4, -0.2) is 115 Å². The zero-order valence-corrected chi connectivity index (χ0v) is 24.6. The summed E-state index contributed by atoms with van der Waals surface area (Å²) in [7, 11) is 0. The average Bonchev–Trinajstić information content (AvgIpc) is 3.05. The quantitative estimate of drug-likeness (QED) is 0.368. The Bertz CT molecular complexity index is 1380. The molecule has 16 heteroatoms. The highest BCUT2D eigenvalue weighted by Gasteiger charge is 2.36. The van der Waals surface area contributed by atoms with Crippen molar-refractivity contribution < 1.29 is 19.0 Å². The lowest BCUT2D eigenvalue weighted by Crippen LogP contribution is -2.42. The van der Waals surface area contributed by atoms with Gasteiger partial charge < -0.3 is 40.4 Å². The lowest BCUT2D eigenvalue weighted by molar-refractivity contribution is -0.0221. The maximum Gasteiger partial charge on any atom is 0.251 e. The van der Waals surface area contributed by atoms with E-state index in [1.54, 1.807) is 4.90 Å². The third kappa shape index (κ3) is 6.92. The molecule has 0 saturated carbocycles. The second kappa shape index (κ2) is 14.0. The number of hydrogen-bond donors (Lipinski definition) is 4. The number of β-amino-alcohol motifs (C(OH)–C–C–N with tert-alkyl or cyclic N) is 2. The SMILES string of the molecule is N#Cc1nc(N2CCCCC2)c2c(n1)N(CCO)CCN2.N#Cc1nc2c(c(N3CCC(F)(F)CC3)n1)NCCN2CCO. The molecular weight excluding hydrogens is 574 g/mol. The molecule has 0 spiro atoms. The molecule has 2 fully saturated rings. The molecule has 6 heterocycles. The van der Waals surface area contributed by atoms with E-state index < -0.39 is 5.92 Å². The molecule has 4 aliphatic rings. The molecule has 0 aromatic carbocycles. The number of hydrogen-bond acceptors (Lipinski definition) is 14. The Balaban J connectivity index is 0.000000175. The summed E-state index contributed by atoms with van der Waals surface area (Å²) in [6.07, 6.45) is 3.10. The first-order valence-electron chi connectivity index (χ1n) is 15.1. The predicted molar refractivity (Wildman–Crippen MR) is 162 cm³/mol. The Hall–Kier alpha value is -4.28. The van der Waals surface area contributed by atoms with Crippen LogP contribution in [0.15, 0.2) is 0 Å². The van der Waals surface area contributed by atoms with Gasteiger partial charge >= 0.3 is 0 Å². The van der Waals surface area contributed by atoms with Gasteiger partial charge in [0.05, 0.1) is 13.2 Å². The van der Waals surface area contributed by atoms with E-state index in [0.717, 1.165) is 56.3 Å². The van der Waals surface area contributed by atoms with Crippen molar-refractivity contribution in [3.05, 3.63) is 11.6 Å². The third-order valence-corrected chi connectivity index (χ3v) is 8.10. The molecule has 6 rings (SSSR count). The largest absolute Gasteiger partial charge is 0.395 e. The van der Waals surface area contributed by atoms with Crippen LogP contribution in [0, 0.1) is 22.7 Å². The molecule has 0 unspecified atom stereocenters. The lowest BCUT2D eigenvalue weighted by Gasteiger charge is -2.36. The van der Waals surface area contributed by atoms with E-state index in [4.69, 9.17) is 5.26 Å². The van der Waals surface area contributed by atoms with Crippen molar-refractivity contribution in [1.82, 2.24) is 19.9 Å². The maximum atomic E-state index is 13.4. The lowest BCUT2D eigenvalue weighted by atomic mass is 10.1. The van der Waals surface area contributed by atoms with Crippen molar-refractivity contribution in [1.29, 1.82) is 10.5 Å². The number of nitrogens with one attached hydrogen (secondary N) is 2. The van der Waals surface area contributed by atoms with Crippen LogP contribution < -0.4 is 30.2 Å². The minimum absolute atomic E-state index is 0.00252. The first kappa shape index (κ1) is 31.2. The van der Waals surface area contributed by atoms with Gasteiger partial charge in [0.1, 0.15) is 23.5 Å². The molecule has 0 atom stereocenters. The monoisotopic (exact) mass is 612 g/mol. The minimum atomic E-state index is -2.64. The fourth-order valence-electron chi connectivity index (χ4n) is 5.88. The van der Waals surface area contributed by atoms with Crippen LogP contribution >= 0.6 is 0 Å². The molecule has 2 saturated heterocycles. The molecule has 0 amide bonds. The van der Waals surface area contributed by atoms with Crippen LogP contribution in [0.25, 0.3) is 0 Å². The van der Waals surface area contributed by atoms with Gasteiger partial charge in [-0.2, -0.15) is 30.5 Å². The van der Waals surface area contributed by atoms with Crippen molar-refractivity contribution >= 4 is 34.6 Å². The van der Waals surface area contributed by atoms with Crippen LogP contribution in [0.4, 0.5) is 43.4 Å². The van der Waals surface area contributed by atoms with Crippen molar-refractivity contribution in [2.45, 2.75) is 38.0 Å². The highest BCUT2D eigenvalue weighted by Crippen LogP contribution is 2.39. The molecule has 4 N–H and O–H groups in total. The first-order valence-corrected chi connectivity index (χ1v) is 15.1. The fourth-order valence-corrected chi connectivity index (χ4v) is 5.88. The zero-order valence-electron chi connectivity index (χ0n) is 24.6. The molecule has 44 heavy (non-hydrogen) atoms. The Labute approximate surface area is 254 Å². The molecule has 14 nitrogen and oxygen atoms in total. The summed E-state index contributed by atoms with van der Waals surface area (Å²) in [4.78, 5) is 25.1. The normalized spacial score (nSPS) is 18.9. The molecule has 236 valence electrons. The van der Waals surface area contributed by atoms with E-state index in [2.05, 4.69) is 41.5 Å². The summed E-state index contributed by atoms with van der Waals surface area (Å²) in [5, 5.41) is 43.3. The van der Waals surface area contributed by atoms with E-state index in [-0.39, 0.29) is 50.8 Å². The Morgan fingerprint density at radius 3 is 1.52 bits per heavy atom. The summed E-state index contributed by atoms with van der Waals surface area (Å²) in [5.41, 5.74) is 1.55. The molecule has 0 radical (unpaired) electrons. The van der Waals surface area contributed by atoms with Gasteiger partial charge in [-0.1, -0.05) is 0 Å². The highest BCUT2D eigenvalue weighted by atomic mass is 19.3. The number of halogens is 2. The van der Waals surface area contributed by atoms with Crippen LogP contribution in [0.3, 0.4) is 0 Å². The van der Waals surface area contributed by atoms with E-state index in [0.29, 0.717) is 43.5 Å². The van der Waals surface area contributed by atoms with Gasteiger partial charge in [-0.25, -0.2) is 8.78 Å². The molecule has 4 aliphatic heterocycles. The zero-order chi connectivity index (χ0) is 31.1. The van der Waals surface area contributed by atoms with Gasteiger partial charge in [-0.15, -0.1) is 0 Å². The molecule has 2 aromatic rings. The van der Waals surface area contributed by atoms with E-state index >= 15 is 0 Å². The topological polar surface area (TPSA) is 177 Å². The number of nitrogens with zero attached hydrogens (tertiary/aromatic N) is 10. The Morgan fingerprint density at radius 2 is 1.09 bits per heavy atom. The number of aliphatic hydroxyl groups is 2. The number of fused-ring (bicyclic) bond motifs is 2. The van der Waals surface area contributed by atoms with E-state index in [1.807, 2.05) is 15.9 Å². The molecular formula is C28H38F2N12O2. The average molecular weight is 613 g/mol. The van der Waals surface area contributed by atoms with Crippen molar-refractivity contribution in [2.24, 2.45) is 0 Å². The van der Waals surface area contributed by atoms with Gasteiger partial charge in [-0.05, 0) is 19.3 Å². The second-order valence-electron chi connectivity index (χ2n) is 11.0. The third-order valence-electron chi connectivity index (χ3n) is 8.10. The fraction of sp³-hybridized carbons (Fsp3) is 0.643. The number of aromatic nitrogens is 4. The Morgan fingerprint density at radius 1 is 0.659 bits per heavy atom. The van der Waals surface area contributed by atoms with E-state index in [1.165, 1.54) is 6.42 Å². The number of piperidine rings is 2. The van der Waals surface area contributed by atoms with Crippen LogP contribution in [-0.2, 0) is 0 Å². The summed E-state index contributed by atoms with van der Waals surface area (Å²) in [5.74, 6) is 0.164. The number of alkyl halides is 2. The predicted octanol–water partition coefficient (Wildman–Crippen LogP) is 1.37. The van der Waals surface area contributed by atoms with E-state index in [9.17, 15) is 24.3 Å². The Kier molecular flexibility index (Phi) is 9.92. The van der Waals surface area contributed by atoms with Gasteiger partial charge in [0.2, 0.25) is 11.6 Å². The van der Waals surface area contributed by atoms with Crippen molar-refractivity contribution in [3.63, 3.8) is 0 Å². The molecule has 0 bridgehead atoms. The summed E-state index contributed by atoms with van der Waals surface area (Å²) in [6, 6.07) is 3.97. The van der Waals surface area contributed by atoms with Gasteiger partial charge in [0.15, 0.2) is 23.3 Å². The first-order chi connectivity index (χ1) is 21.4. The molecule has 0 aliphatic carbocycles. The van der Waals surface area contributed by atoms with Gasteiger partial charge in [-0.3, -0.25) is 0 Å². The van der Waals surface area contributed by atoms with Gasteiger partial charge in [0, 0.05) is 78.3 Å². The van der Waals surface area contributed by atoms with Gasteiger partial charge in [0.25, 0.3) is 5.92 Å². The van der Waals surface area contributed by atoms with Crippen molar-refractivity contribution in [2.75, 3.05) is 109 Å². The summed E-state index contributed by atoms with van der Waals surface area (Å²) < 4.78 is 26.8. The number of nitriles is 2. The highest BCUT2D eigenvalue weighted by molar-refractivity contribution is 5.81. The number of aliphatic hydroxyl groups excluding tert-OH is 2. The minimum Gasteiger partial charge on any atom is -0.395 e. The smallest absolute Gasteiger partial charge is 0.251 e. The van der Waals surface area contributed by atoms with Crippen LogP contribution in [0.5, 0.6) is 0 Å². The second-order valence-corrected chi connectivity index (χ2v) is 11.0. The summed E-state index contributed by atoms with van der Waals surface area (Å²) >= 11 is 0. The standard InChI is InChI=1S/C14H18F2N6O.C14H20N6O/c15-14(16)1-4-21(5-2-14)12-11-13(20-10(9-17)19-12)22(7-8-23)6-3-18-11;15-10-11-17-13(19-5-2-1-3-6-19)12-14(18-11)20(8-9-21)7-4-16-12/h18,23H,1-8H2;16,21H,1-9H2. The molecule has 2 aromatic heterocycles.